The zero-order chi connectivity index (χ0) is 12.5. The number of pyridine rings is 1. The molecular weight excluding hydrogens is 246 g/mol. The average Bonchev–Trinajstić information content (AvgIpc) is 2.83. The Balaban J connectivity index is 2.29. The first kappa shape index (κ1) is 11.3. The minimum atomic E-state index is 0.498. The summed E-state index contributed by atoms with van der Waals surface area (Å²) in [5.41, 5.74) is 8.75. The van der Waals surface area contributed by atoms with Crippen LogP contribution in [0.2, 0.25) is 5.02 Å². The van der Waals surface area contributed by atoms with E-state index in [0.717, 1.165) is 22.5 Å². The third-order valence-electron chi connectivity index (χ3n) is 2.99. The van der Waals surface area contributed by atoms with Gasteiger partial charge in [-0.3, -0.25) is 4.40 Å². The fourth-order valence-electron chi connectivity index (χ4n) is 2.09. The summed E-state index contributed by atoms with van der Waals surface area (Å²) in [7, 11) is 0. The van der Waals surface area contributed by atoms with Crippen LogP contribution in [-0.4, -0.2) is 9.38 Å². The molecule has 2 heterocycles. The number of nitrogens with two attached hydrogens (primary N) is 1. The Morgan fingerprint density at radius 3 is 2.78 bits per heavy atom. The van der Waals surface area contributed by atoms with Crippen LogP contribution in [0.3, 0.4) is 0 Å². The van der Waals surface area contributed by atoms with Gasteiger partial charge in [0.15, 0.2) is 0 Å². The standard InChI is InChI=1S/C14H12ClN3/c15-12-6-2-1-5-11(12)14-17-9-13-10(8-16)4-3-7-18(13)14/h1-7,9H,8,16H2. The molecule has 18 heavy (non-hydrogen) atoms. The lowest BCUT2D eigenvalue weighted by molar-refractivity contribution is 1.05. The quantitative estimate of drug-likeness (QED) is 0.767. The van der Waals surface area contributed by atoms with Crippen LogP contribution in [0, 0.1) is 0 Å². The van der Waals surface area contributed by atoms with Crippen LogP contribution in [0.4, 0.5) is 0 Å². The lowest BCUT2D eigenvalue weighted by atomic mass is 10.2. The summed E-state index contributed by atoms with van der Waals surface area (Å²) in [5.74, 6) is 0.839. The normalized spacial score (nSPS) is 11.0. The second-order valence-electron chi connectivity index (χ2n) is 4.05. The number of fused-ring (bicyclic) bond motifs is 1. The van der Waals surface area contributed by atoms with Crippen molar-refractivity contribution >= 4 is 17.1 Å². The summed E-state index contributed by atoms with van der Waals surface area (Å²) in [6.07, 6.45) is 3.81. The van der Waals surface area contributed by atoms with Gasteiger partial charge in [0.2, 0.25) is 0 Å². The van der Waals surface area contributed by atoms with E-state index < -0.39 is 0 Å². The summed E-state index contributed by atoms with van der Waals surface area (Å²) >= 11 is 6.21. The molecule has 90 valence electrons. The molecule has 0 fully saturated rings. The Kier molecular flexibility index (Phi) is 2.78. The second-order valence-corrected chi connectivity index (χ2v) is 4.46. The van der Waals surface area contributed by atoms with Crippen LogP contribution in [0.1, 0.15) is 5.56 Å². The van der Waals surface area contributed by atoms with Crippen molar-refractivity contribution in [1.29, 1.82) is 0 Å². The number of hydrogen-bond acceptors (Lipinski definition) is 2. The van der Waals surface area contributed by atoms with E-state index in [1.165, 1.54) is 0 Å². The molecule has 0 aliphatic carbocycles. The van der Waals surface area contributed by atoms with Crippen molar-refractivity contribution < 1.29 is 0 Å². The Morgan fingerprint density at radius 2 is 2.00 bits per heavy atom. The molecule has 0 aliphatic rings. The van der Waals surface area contributed by atoms with E-state index in [9.17, 15) is 0 Å². The lowest BCUT2D eigenvalue weighted by Crippen LogP contribution is -1.99. The number of hydrogen-bond donors (Lipinski definition) is 1. The van der Waals surface area contributed by atoms with E-state index in [1.807, 2.05) is 53.2 Å². The van der Waals surface area contributed by atoms with Crippen molar-refractivity contribution in [2.45, 2.75) is 6.54 Å². The Hall–Kier alpha value is -1.84. The van der Waals surface area contributed by atoms with Gasteiger partial charge in [-0.25, -0.2) is 4.98 Å². The maximum atomic E-state index is 6.21. The van der Waals surface area contributed by atoms with Gasteiger partial charge in [-0.2, -0.15) is 0 Å². The van der Waals surface area contributed by atoms with Gasteiger partial charge < -0.3 is 5.73 Å². The van der Waals surface area contributed by atoms with Crippen LogP contribution in [0.25, 0.3) is 16.9 Å². The van der Waals surface area contributed by atoms with E-state index in [4.69, 9.17) is 17.3 Å². The van der Waals surface area contributed by atoms with E-state index in [-0.39, 0.29) is 0 Å². The summed E-state index contributed by atoms with van der Waals surface area (Å²) in [5, 5.41) is 0.697. The van der Waals surface area contributed by atoms with Gasteiger partial charge in [0.05, 0.1) is 16.7 Å². The van der Waals surface area contributed by atoms with Crippen LogP contribution < -0.4 is 5.73 Å². The van der Waals surface area contributed by atoms with Crippen molar-refractivity contribution in [3.8, 4) is 11.4 Å². The molecule has 0 saturated heterocycles. The smallest absolute Gasteiger partial charge is 0.145 e. The van der Waals surface area contributed by atoms with E-state index >= 15 is 0 Å². The van der Waals surface area contributed by atoms with Gasteiger partial charge in [-0.05, 0) is 23.8 Å². The molecule has 0 bridgehead atoms. The van der Waals surface area contributed by atoms with E-state index in [1.54, 1.807) is 0 Å². The first-order valence-corrected chi connectivity index (χ1v) is 6.09. The highest BCUT2D eigenvalue weighted by Gasteiger charge is 2.10. The molecule has 0 amide bonds. The number of imidazole rings is 1. The Bertz CT molecular complexity index is 703. The molecule has 0 unspecified atom stereocenters. The first-order valence-electron chi connectivity index (χ1n) is 5.71. The fraction of sp³-hybridized carbons (Fsp3) is 0.0714. The summed E-state index contributed by atoms with van der Waals surface area (Å²) in [6.45, 7) is 0.498. The molecule has 1 aromatic carbocycles. The predicted octanol–water partition coefficient (Wildman–Crippen LogP) is 3.11. The molecule has 3 aromatic rings. The van der Waals surface area contributed by atoms with Crippen molar-refractivity contribution in [1.82, 2.24) is 9.38 Å². The van der Waals surface area contributed by atoms with Gasteiger partial charge in [0.1, 0.15) is 5.82 Å². The monoisotopic (exact) mass is 257 g/mol. The summed E-state index contributed by atoms with van der Waals surface area (Å²) in [6, 6.07) is 11.7. The molecule has 0 spiro atoms. The minimum Gasteiger partial charge on any atom is -0.326 e. The van der Waals surface area contributed by atoms with Crippen molar-refractivity contribution in [2.24, 2.45) is 5.73 Å². The molecular formula is C14H12ClN3. The number of aromatic nitrogens is 2. The SMILES string of the molecule is NCc1cccn2c(-c3ccccc3Cl)ncc12. The molecule has 0 aliphatic heterocycles. The van der Waals surface area contributed by atoms with Crippen LogP contribution in [-0.2, 0) is 6.54 Å². The van der Waals surface area contributed by atoms with Gasteiger partial charge in [0, 0.05) is 18.3 Å². The fourth-order valence-corrected chi connectivity index (χ4v) is 2.31. The van der Waals surface area contributed by atoms with Gasteiger partial charge in [-0.1, -0.05) is 29.8 Å². The third-order valence-corrected chi connectivity index (χ3v) is 3.32. The van der Waals surface area contributed by atoms with E-state index in [0.29, 0.717) is 11.6 Å². The highest BCUT2D eigenvalue weighted by atomic mass is 35.5. The zero-order valence-electron chi connectivity index (χ0n) is 9.68. The Labute approximate surface area is 110 Å². The van der Waals surface area contributed by atoms with Crippen molar-refractivity contribution in [3.05, 3.63) is 59.4 Å². The third kappa shape index (κ3) is 1.68. The maximum absolute atomic E-state index is 6.21. The molecule has 0 atom stereocenters. The van der Waals surface area contributed by atoms with Gasteiger partial charge in [0.25, 0.3) is 0 Å². The zero-order valence-corrected chi connectivity index (χ0v) is 10.4. The van der Waals surface area contributed by atoms with Gasteiger partial charge in [-0.15, -0.1) is 0 Å². The largest absolute Gasteiger partial charge is 0.326 e. The molecule has 0 radical (unpaired) electrons. The number of benzene rings is 1. The van der Waals surface area contributed by atoms with Crippen LogP contribution >= 0.6 is 11.6 Å². The molecule has 3 nitrogen and oxygen atoms in total. The highest BCUT2D eigenvalue weighted by molar-refractivity contribution is 6.33. The molecule has 0 saturated carbocycles. The second kappa shape index (κ2) is 4.44. The molecule has 3 rings (SSSR count). The minimum absolute atomic E-state index is 0.498. The average molecular weight is 258 g/mol. The number of rotatable bonds is 2. The van der Waals surface area contributed by atoms with Gasteiger partial charge >= 0.3 is 0 Å². The summed E-state index contributed by atoms with van der Waals surface area (Å²) in [4.78, 5) is 4.46. The molecule has 4 heteroatoms. The van der Waals surface area contributed by atoms with Crippen LogP contribution in [0.5, 0.6) is 0 Å². The van der Waals surface area contributed by atoms with Crippen molar-refractivity contribution in [3.63, 3.8) is 0 Å². The Morgan fingerprint density at radius 1 is 1.17 bits per heavy atom. The highest BCUT2D eigenvalue weighted by Crippen LogP contribution is 2.27. The maximum Gasteiger partial charge on any atom is 0.145 e. The summed E-state index contributed by atoms with van der Waals surface area (Å²) < 4.78 is 2.02. The number of nitrogens with zero attached hydrogens (tertiary/aromatic N) is 2. The number of halogens is 1. The van der Waals surface area contributed by atoms with Crippen molar-refractivity contribution in [2.75, 3.05) is 0 Å². The first-order chi connectivity index (χ1) is 8.81. The molecule has 2 N–H and O–H groups in total. The van der Waals surface area contributed by atoms with E-state index in [2.05, 4.69) is 4.98 Å². The predicted molar refractivity (Wildman–Crippen MR) is 73.5 cm³/mol. The van der Waals surface area contributed by atoms with Crippen LogP contribution in [0.15, 0.2) is 48.8 Å². The topological polar surface area (TPSA) is 43.3 Å². The lowest BCUT2D eigenvalue weighted by Gasteiger charge is -2.05. The molecule has 2 aromatic heterocycles.